The Hall–Kier alpha value is -2.89. The lowest BCUT2D eigenvalue weighted by Gasteiger charge is -2.30. The minimum Gasteiger partial charge on any atom is -0.484 e. The minimum atomic E-state index is -0.631. The number of carbonyl (C=O) groups is 2. The van der Waals surface area contributed by atoms with Crippen LogP contribution in [0.15, 0.2) is 48.5 Å². The van der Waals surface area contributed by atoms with Gasteiger partial charge in [0.25, 0.3) is 5.91 Å². The second-order valence-electron chi connectivity index (χ2n) is 6.47. The number of rotatable bonds is 9. The number of carbonyl (C=O) groups excluding carboxylic acids is 2. The molecule has 0 heterocycles. The molecule has 2 aromatic carbocycles. The first kappa shape index (κ1) is 21.4. The van der Waals surface area contributed by atoms with Crippen LogP contribution in [0.2, 0.25) is 0 Å². The van der Waals surface area contributed by atoms with Gasteiger partial charge >= 0.3 is 0 Å². The summed E-state index contributed by atoms with van der Waals surface area (Å²) in [5.41, 5.74) is 1.92. The lowest BCUT2D eigenvalue weighted by Crippen LogP contribution is -2.49. The van der Waals surface area contributed by atoms with Gasteiger partial charge in [0.15, 0.2) is 6.61 Å². The van der Waals surface area contributed by atoms with E-state index in [1.54, 1.807) is 12.1 Å². The highest BCUT2D eigenvalue weighted by Crippen LogP contribution is 2.16. The van der Waals surface area contributed by atoms with E-state index in [4.69, 9.17) is 4.74 Å². The monoisotopic (exact) mass is 386 g/mol. The van der Waals surface area contributed by atoms with Crippen molar-refractivity contribution < 1.29 is 18.7 Å². The average molecular weight is 386 g/mol. The largest absolute Gasteiger partial charge is 0.484 e. The zero-order valence-electron chi connectivity index (χ0n) is 16.6. The molecule has 0 saturated carbocycles. The van der Waals surface area contributed by atoms with Crippen LogP contribution < -0.4 is 10.1 Å². The number of amides is 2. The van der Waals surface area contributed by atoms with Crippen LogP contribution in [0, 0.1) is 5.82 Å². The molecule has 0 spiro atoms. The van der Waals surface area contributed by atoms with E-state index in [9.17, 15) is 14.0 Å². The molecule has 28 heavy (non-hydrogen) atoms. The molecule has 0 aromatic heterocycles. The number of likely N-dealkylation sites (N-methyl/N-ethyl adjacent to an activating group) is 1. The van der Waals surface area contributed by atoms with E-state index < -0.39 is 6.04 Å². The molecule has 0 aliphatic heterocycles. The van der Waals surface area contributed by atoms with E-state index in [2.05, 4.69) is 12.2 Å². The third kappa shape index (κ3) is 5.81. The predicted octanol–water partition coefficient (Wildman–Crippen LogP) is 3.32. The Bertz CT molecular complexity index is 775. The van der Waals surface area contributed by atoms with Gasteiger partial charge in [0.2, 0.25) is 5.91 Å². The number of nitrogens with zero attached hydrogens (tertiary/aromatic N) is 1. The molecule has 0 aliphatic carbocycles. The van der Waals surface area contributed by atoms with E-state index >= 15 is 0 Å². The van der Waals surface area contributed by atoms with Gasteiger partial charge < -0.3 is 15.0 Å². The fourth-order valence-electron chi connectivity index (χ4n) is 2.92. The number of aryl methyl sites for hydroxylation is 1. The Morgan fingerprint density at radius 2 is 1.64 bits per heavy atom. The summed E-state index contributed by atoms with van der Waals surface area (Å²) in [4.78, 5) is 26.6. The van der Waals surface area contributed by atoms with Gasteiger partial charge in [-0.1, -0.05) is 38.1 Å². The zero-order valence-corrected chi connectivity index (χ0v) is 16.6. The van der Waals surface area contributed by atoms with Crippen molar-refractivity contribution in [2.24, 2.45) is 0 Å². The van der Waals surface area contributed by atoms with Crippen molar-refractivity contribution in [1.82, 2.24) is 10.2 Å². The standard InChI is InChI=1S/C22H27FN2O3/c1-4-16-8-12-19(13-9-16)28-15-21(26)25(20(5-2)22(27)24-3)14-17-6-10-18(23)11-7-17/h6-13,20H,4-5,14-15H2,1-3H3,(H,24,27)/t20-/m0/s1. The molecule has 2 amide bonds. The van der Waals surface area contributed by atoms with E-state index in [-0.39, 0.29) is 30.8 Å². The third-order valence-corrected chi connectivity index (χ3v) is 4.59. The van der Waals surface area contributed by atoms with Crippen LogP contribution in [0.4, 0.5) is 4.39 Å². The first-order valence-electron chi connectivity index (χ1n) is 9.45. The Morgan fingerprint density at radius 1 is 1.04 bits per heavy atom. The van der Waals surface area contributed by atoms with E-state index in [1.165, 1.54) is 29.6 Å². The molecule has 0 unspecified atom stereocenters. The highest BCUT2D eigenvalue weighted by Gasteiger charge is 2.28. The second-order valence-corrected chi connectivity index (χ2v) is 6.47. The minimum absolute atomic E-state index is 0.180. The van der Waals surface area contributed by atoms with E-state index in [1.807, 2.05) is 31.2 Å². The lowest BCUT2D eigenvalue weighted by molar-refractivity contribution is -0.142. The summed E-state index contributed by atoms with van der Waals surface area (Å²) >= 11 is 0. The number of hydrogen-bond acceptors (Lipinski definition) is 3. The second kappa shape index (κ2) is 10.4. The van der Waals surface area contributed by atoms with Gasteiger partial charge in [0, 0.05) is 13.6 Å². The number of halogens is 1. The lowest BCUT2D eigenvalue weighted by atomic mass is 10.1. The third-order valence-electron chi connectivity index (χ3n) is 4.59. The molecule has 0 radical (unpaired) electrons. The van der Waals surface area contributed by atoms with Crippen molar-refractivity contribution >= 4 is 11.8 Å². The van der Waals surface area contributed by atoms with Crippen LogP contribution in [0.25, 0.3) is 0 Å². The summed E-state index contributed by atoms with van der Waals surface area (Å²) in [6.45, 7) is 3.93. The van der Waals surface area contributed by atoms with Crippen LogP contribution >= 0.6 is 0 Å². The fourth-order valence-corrected chi connectivity index (χ4v) is 2.92. The SMILES string of the molecule is CCc1ccc(OCC(=O)N(Cc2ccc(F)cc2)[C@@H](CC)C(=O)NC)cc1. The number of benzene rings is 2. The maximum atomic E-state index is 13.2. The van der Waals surface area contributed by atoms with Crippen LogP contribution in [0.3, 0.4) is 0 Å². The van der Waals surface area contributed by atoms with Crippen LogP contribution in [0.5, 0.6) is 5.75 Å². The molecular weight excluding hydrogens is 359 g/mol. The van der Waals surface area contributed by atoms with Crippen molar-refractivity contribution in [1.29, 1.82) is 0 Å². The van der Waals surface area contributed by atoms with Gasteiger partial charge in [-0.15, -0.1) is 0 Å². The van der Waals surface area contributed by atoms with Gasteiger partial charge in [-0.05, 0) is 48.2 Å². The van der Waals surface area contributed by atoms with Crippen molar-refractivity contribution in [3.8, 4) is 5.75 Å². The summed E-state index contributed by atoms with van der Waals surface area (Å²) in [5.74, 6) is -0.302. The zero-order chi connectivity index (χ0) is 20.5. The van der Waals surface area contributed by atoms with Gasteiger partial charge in [0.05, 0.1) is 0 Å². The normalized spacial score (nSPS) is 11.6. The van der Waals surface area contributed by atoms with E-state index in [0.29, 0.717) is 12.2 Å². The molecule has 5 nitrogen and oxygen atoms in total. The quantitative estimate of drug-likeness (QED) is 0.719. The van der Waals surface area contributed by atoms with Crippen molar-refractivity contribution in [3.63, 3.8) is 0 Å². The molecule has 6 heteroatoms. The molecule has 0 fully saturated rings. The van der Waals surface area contributed by atoms with Gasteiger partial charge in [-0.2, -0.15) is 0 Å². The Labute approximate surface area is 165 Å². The molecule has 0 saturated heterocycles. The molecular formula is C22H27FN2O3. The van der Waals surface area contributed by atoms with Gasteiger partial charge in [0.1, 0.15) is 17.6 Å². The van der Waals surface area contributed by atoms with E-state index in [0.717, 1.165) is 12.0 Å². The maximum absolute atomic E-state index is 13.2. The molecule has 0 bridgehead atoms. The Balaban J connectivity index is 2.14. The predicted molar refractivity (Wildman–Crippen MR) is 106 cm³/mol. The Kier molecular flexibility index (Phi) is 7.99. The van der Waals surface area contributed by atoms with Gasteiger partial charge in [-0.25, -0.2) is 4.39 Å². The highest BCUT2D eigenvalue weighted by atomic mass is 19.1. The van der Waals surface area contributed by atoms with Crippen LogP contribution in [0.1, 0.15) is 31.4 Å². The Morgan fingerprint density at radius 3 is 2.18 bits per heavy atom. The summed E-state index contributed by atoms with van der Waals surface area (Å²) in [5, 5.41) is 2.60. The summed E-state index contributed by atoms with van der Waals surface area (Å²) in [6, 6.07) is 12.8. The first-order chi connectivity index (χ1) is 13.5. The molecule has 150 valence electrons. The molecule has 2 aromatic rings. The summed E-state index contributed by atoms with van der Waals surface area (Å²) in [7, 11) is 1.54. The molecule has 0 aliphatic rings. The summed E-state index contributed by atoms with van der Waals surface area (Å²) in [6.07, 6.45) is 1.38. The first-order valence-corrected chi connectivity index (χ1v) is 9.45. The number of ether oxygens (including phenoxy) is 1. The summed E-state index contributed by atoms with van der Waals surface area (Å²) < 4.78 is 18.8. The maximum Gasteiger partial charge on any atom is 0.261 e. The van der Waals surface area contributed by atoms with Crippen molar-refractivity contribution in [2.45, 2.75) is 39.3 Å². The van der Waals surface area contributed by atoms with Gasteiger partial charge in [-0.3, -0.25) is 9.59 Å². The highest BCUT2D eigenvalue weighted by molar-refractivity contribution is 5.88. The molecule has 2 rings (SSSR count). The molecule has 1 atom stereocenters. The van der Waals surface area contributed by atoms with Crippen LogP contribution in [-0.4, -0.2) is 36.4 Å². The van der Waals surface area contributed by atoms with Crippen LogP contribution in [-0.2, 0) is 22.6 Å². The van der Waals surface area contributed by atoms with Crippen molar-refractivity contribution in [2.75, 3.05) is 13.7 Å². The number of nitrogens with one attached hydrogen (secondary N) is 1. The van der Waals surface area contributed by atoms with Crippen molar-refractivity contribution in [3.05, 3.63) is 65.5 Å². The smallest absolute Gasteiger partial charge is 0.261 e. The molecule has 1 N–H and O–H groups in total. The average Bonchev–Trinajstić information content (AvgIpc) is 2.73. The number of hydrogen-bond donors (Lipinski definition) is 1. The topological polar surface area (TPSA) is 58.6 Å². The fraction of sp³-hybridized carbons (Fsp3) is 0.364.